The van der Waals surface area contributed by atoms with E-state index in [1.165, 1.54) is 31.1 Å². The molecule has 1 saturated heterocycles. The summed E-state index contributed by atoms with van der Waals surface area (Å²) in [5, 5.41) is 20.4. The van der Waals surface area contributed by atoms with Crippen molar-refractivity contribution in [3.63, 3.8) is 0 Å². The molecule has 0 bridgehead atoms. The zero-order chi connectivity index (χ0) is 25.1. The summed E-state index contributed by atoms with van der Waals surface area (Å²) in [6.45, 7) is 1.28. The van der Waals surface area contributed by atoms with Gasteiger partial charge in [0.25, 0.3) is 11.7 Å². The van der Waals surface area contributed by atoms with Gasteiger partial charge in [-0.05, 0) is 54.1 Å². The molecule has 1 amide bonds. The van der Waals surface area contributed by atoms with Crippen molar-refractivity contribution in [1.29, 1.82) is 5.26 Å². The van der Waals surface area contributed by atoms with E-state index in [9.17, 15) is 19.5 Å². The van der Waals surface area contributed by atoms with Crippen LogP contribution in [-0.4, -0.2) is 29.9 Å². The van der Waals surface area contributed by atoms with Crippen LogP contribution in [0, 0.1) is 11.3 Å². The smallest absolute Gasteiger partial charge is 0.308 e. The zero-order valence-electron chi connectivity index (χ0n) is 18.9. The first-order valence-corrected chi connectivity index (χ1v) is 10.6. The van der Waals surface area contributed by atoms with Crippen molar-refractivity contribution in [3.05, 3.63) is 95.1 Å². The van der Waals surface area contributed by atoms with Crippen molar-refractivity contribution < 1.29 is 29.0 Å². The van der Waals surface area contributed by atoms with Crippen LogP contribution in [0.15, 0.2) is 78.4 Å². The lowest BCUT2D eigenvalue weighted by Crippen LogP contribution is -2.29. The van der Waals surface area contributed by atoms with Crippen molar-refractivity contribution >= 4 is 29.1 Å². The minimum absolute atomic E-state index is 0.121. The number of hydrogen-bond acceptors (Lipinski definition) is 7. The summed E-state index contributed by atoms with van der Waals surface area (Å²) in [5.41, 5.74) is 1.40. The summed E-state index contributed by atoms with van der Waals surface area (Å²) >= 11 is 0. The third-order valence-corrected chi connectivity index (χ3v) is 5.54. The highest BCUT2D eigenvalue weighted by molar-refractivity contribution is 6.51. The number of nitrogens with zero attached hydrogens (tertiary/aromatic N) is 2. The predicted octanol–water partition coefficient (Wildman–Crippen LogP) is 4.12. The number of Topliss-reactive ketones (excluding diaryl/α,β-unsaturated/α-hetero) is 1. The molecule has 1 N–H and O–H groups in total. The van der Waals surface area contributed by atoms with E-state index in [0.717, 1.165) is 0 Å². The number of ketones is 1. The summed E-state index contributed by atoms with van der Waals surface area (Å²) < 4.78 is 10.4. The van der Waals surface area contributed by atoms with Crippen molar-refractivity contribution in [2.24, 2.45) is 0 Å². The van der Waals surface area contributed by atoms with Crippen LogP contribution < -0.4 is 14.4 Å². The van der Waals surface area contributed by atoms with Crippen LogP contribution in [-0.2, 0) is 14.4 Å². The van der Waals surface area contributed by atoms with Crippen molar-refractivity contribution in [3.8, 4) is 17.6 Å². The highest BCUT2D eigenvalue weighted by Gasteiger charge is 2.47. The van der Waals surface area contributed by atoms with Gasteiger partial charge >= 0.3 is 5.97 Å². The fourth-order valence-corrected chi connectivity index (χ4v) is 3.98. The number of rotatable bonds is 5. The van der Waals surface area contributed by atoms with E-state index in [0.29, 0.717) is 28.3 Å². The van der Waals surface area contributed by atoms with Gasteiger partial charge in [-0.1, -0.05) is 24.3 Å². The topological polar surface area (TPSA) is 117 Å². The lowest BCUT2D eigenvalue weighted by Gasteiger charge is -2.25. The number of esters is 1. The Labute approximate surface area is 201 Å². The lowest BCUT2D eigenvalue weighted by molar-refractivity contribution is -0.132. The van der Waals surface area contributed by atoms with Gasteiger partial charge in [-0.25, -0.2) is 0 Å². The number of hydrogen-bond donors (Lipinski definition) is 1. The summed E-state index contributed by atoms with van der Waals surface area (Å²) in [7, 11) is 1.44. The summed E-state index contributed by atoms with van der Waals surface area (Å²) in [4.78, 5) is 39.0. The molecule has 1 fully saturated rings. The van der Waals surface area contributed by atoms with Crippen LogP contribution in [0.4, 0.5) is 5.69 Å². The van der Waals surface area contributed by atoms with Gasteiger partial charge in [-0.2, -0.15) is 5.26 Å². The lowest BCUT2D eigenvalue weighted by atomic mass is 9.94. The molecular weight excluding hydrogens is 448 g/mol. The molecule has 1 aliphatic rings. The number of carbonyl (C=O) groups is 3. The molecule has 0 aliphatic carbocycles. The second kappa shape index (κ2) is 9.53. The van der Waals surface area contributed by atoms with Crippen LogP contribution in [0.25, 0.3) is 5.76 Å². The molecule has 1 heterocycles. The number of nitriles is 1. The summed E-state index contributed by atoms with van der Waals surface area (Å²) in [6.07, 6.45) is 0. The third-order valence-electron chi connectivity index (χ3n) is 5.54. The van der Waals surface area contributed by atoms with Gasteiger partial charge < -0.3 is 14.6 Å². The molecule has 0 spiro atoms. The molecule has 35 heavy (non-hydrogen) atoms. The minimum atomic E-state index is -0.987. The molecule has 0 saturated carbocycles. The Bertz CT molecular complexity index is 1380. The van der Waals surface area contributed by atoms with Gasteiger partial charge in [0.05, 0.1) is 35.9 Å². The largest absolute Gasteiger partial charge is 0.507 e. The van der Waals surface area contributed by atoms with E-state index in [-0.39, 0.29) is 16.9 Å². The quantitative estimate of drug-likeness (QED) is 0.197. The highest BCUT2D eigenvalue weighted by atomic mass is 16.5. The summed E-state index contributed by atoms with van der Waals surface area (Å²) in [5.74, 6) is -1.95. The SMILES string of the molecule is COc1ccccc1/C(O)=C1/C(=O)C(=O)N(c2ccc(C#N)cc2)C1c1ccc(OC(C)=O)cc1. The maximum atomic E-state index is 13.3. The van der Waals surface area contributed by atoms with E-state index in [2.05, 4.69) is 0 Å². The van der Waals surface area contributed by atoms with E-state index in [4.69, 9.17) is 14.7 Å². The number of amides is 1. The number of methoxy groups -OCH3 is 1. The van der Waals surface area contributed by atoms with Crippen molar-refractivity contribution in [2.45, 2.75) is 13.0 Å². The predicted molar refractivity (Wildman–Crippen MR) is 127 cm³/mol. The molecule has 1 atom stereocenters. The number of anilines is 1. The minimum Gasteiger partial charge on any atom is -0.507 e. The van der Waals surface area contributed by atoms with Gasteiger partial charge in [0.15, 0.2) is 0 Å². The van der Waals surface area contributed by atoms with Crippen LogP contribution in [0.3, 0.4) is 0 Å². The molecule has 8 heteroatoms. The monoisotopic (exact) mass is 468 g/mol. The Morgan fingerprint density at radius 1 is 1.00 bits per heavy atom. The first-order chi connectivity index (χ1) is 16.8. The van der Waals surface area contributed by atoms with Crippen LogP contribution in [0.2, 0.25) is 0 Å². The Hall–Kier alpha value is -4.90. The number of ether oxygens (including phenoxy) is 2. The molecule has 3 aromatic carbocycles. The van der Waals surface area contributed by atoms with Crippen LogP contribution in [0.1, 0.15) is 29.7 Å². The Morgan fingerprint density at radius 3 is 2.26 bits per heavy atom. The maximum Gasteiger partial charge on any atom is 0.308 e. The molecular formula is C27H20N2O6. The Kier molecular flexibility index (Phi) is 6.34. The summed E-state index contributed by atoms with van der Waals surface area (Å²) in [6, 6.07) is 20.2. The fourth-order valence-electron chi connectivity index (χ4n) is 3.98. The standard InChI is InChI=1S/C27H20N2O6/c1-16(30)35-20-13-9-18(10-14-20)24-23(25(31)21-5-3-4-6-22(21)34-2)26(32)27(33)29(24)19-11-7-17(15-28)8-12-19/h3-14,24,31H,1-2H3/b25-23-. The zero-order valence-corrected chi connectivity index (χ0v) is 18.9. The van der Waals surface area contributed by atoms with Gasteiger partial charge in [-0.15, -0.1) is 0 Å². The van der Waals surface area contributed by atoms with Gasteiger partial charge in [0.2, 0.25) is 0 Å². The Morgan fingerprint density at radius 2 is 1.66 bits per heavy atom. The number of aliphatic hydroxyl groups excluding tert-OH is 1. The molecule has 3 aromatic rings. The molecule has 174 valence electrons. The van der Waals surface area contributed by atoms with Gasteiger partial charge in [0.1, 0.15) is 17.3 Å². The number of carbonyl (C=O) groups excluding carboxylic acids is 3. The van der Waals surface area contributed by atoms with Crippen LogP contribution >= 0.6 is 0 Å². The second-order valence-corrected chi connectivity index (χ2v) is 7.69. The van der Waals surface area contributed by atoms with Crippen molar-refractivity contribution in [2.75, 3.05) is 12.0 Å². The van der Waals surface area contributed by atoms with E-state index in [1.54, 1.807) is 60.7 Å². The van der Waals surface area contributed by atoms with Gasteiger partial charge in [-0.3, -0.25) is 19.3 Å². The fraction of sp³-hybridized carbons (Fsp3) is 0.111. The van der Waals surface area contributed by atoms with Crippen LogP contribution in [0.5, 0.6) is 11.5 Å². The second-order valence-electron chi connectivity index (χ2n) is 7.69. The molecule has 0 aromatic heterocycles. The molecule has 1 unspecified atom stereocenters. The van der Waals surface area contributed by atoms with Crippen molar-refractivity contribution in [1.82, 2.24) is 0 Å². The number of benzene rings is 3. The molecule has 1 aliphatic heterocycles. The first kappa shape index (κ1) is 23.3. The average Bonchev–Trinajstić information content (AvgIpc) is 3.14. The molecule has 4 rings (SSSR count). The highest BCUT2D eigenvalue weighted by Crippen LogP contribution is 2.43. The Balaban J connectivity index is 1.92. The number of para-hydroxylation sites is 1. The van der Waals surface area contributed by atoms with E-state index >= 15 is 0 Å². The van der Waals surface area contributed by atoms with Gasteiger partial charge in [0, 0.05) is 12.6 Å². The van der Waals surface area contributed by atoms with E-state index < -0.39 is 23.7 Å². The van der Waals surface area contributed by atoms with E-state index in [1.807, 2.05) is 6.07 Å². The number of aliphatic hydroxyl groups is 1. The normalized spacial score (nSPS) is 16.6. The third kappa shape index (κ3) is 4.35. The molecule has 8 nitrogen and oxygen atoms in total. The first-order valence-electron chi connectivity index (χ1n) is 10.6. The maximum absolute atomic E-state index is 13.3. The molecule has 0 radical (unpaired) electrons. The average molecular weight is 468 g/mol.